The normalized spacial score (nSPS) is 12.2. The molecule has 1 aromatic carbocycles. The van der Waals surface area contributed by atoms with Crippen LogP contribution in [0.4, 0.5) is 0 Å². The van der Waals surface area contributed by atoms with Gasteiger partial charge in [-0.3, -0.25) is 4.79 Å². The molecular weight excluding hydrogens is 298 g/mol. The molecule has 18 heavy (non-hydrogen) atoms. The second-order valence-corrected chi connectivity index (χ2v) is 5.09. The highest BCUT2D eigenvalue weighted by atomic mass is 79.9. The molecule has 0 aliphatic carbocycles. The van der Waals surface area contributed by atoms with E-state index in [4.69, 9.17) is 4.74 Å². The summed E-state index contributed by atoms with van der Waals surface area (Å²) in [5, 5.41) is 12.2. The summed E-state index contributed by atoms with van der Waals surface area (Å²) < 4.78 is 5.69. The molecule has 0 radical (unpaired) electrons. The van der Waals surface area contributed by atoms with Gasteiger partial charge in [0.25, 0.3) is 5.91 Å². The zero-order chi connectivity index (χ0) is 13.5. The van der Waals surface area contributed by atoms with Crippen LogP contribution in [0.25, 0.3) is 0 Å². The van der Waals surface area contributed by atoms with Crippen LogP contribution in [0.2, 0.25) is 0 Å². The van der Waals surface area contributed by atoms with Crippen LogP contribution in [0, 0.1) is 6.92 Å². The van der Waals surface area contributed by atoms with Gasteiger partial charge in [0.05, 0.1) is 12.7 Å². The van der Waals surface area contributed by atoms with Crippen LogP contribution >= 0.6 is 15.9 Å². The summed E-state index contributed by atoms with van der Waals surface area (Å²) in [4.78, 5) is 11.8. The zero-order valence-electron chi connectivity index (χ0n) is 10.6. The number of halogens is 1. The molecule has 1 rings (SSSR count). The SMILES string of the molecule is COCC(O)CCNC(=O)c1cc(C)cc(Br)c1. The van der Waals surface area contributed by atoms with Gasteiger partial charge in [-0.2, -0.15) is 0 Å². The summed E-state index contributed by atoms with van der Waals surface area (Å²) in [5.41, 5.74) is 1.64. The van der Waals surface area contributed by atoms with Crippen molar-refractivity contribution in [2.45, 2.75) is 19.4 Å². The van der Waals surface area contributed by atoms with E-state index in [1.807, 2.05) is 19.1 Å². The molecular formula is C13H18BrNO3. The Morgan fingerprint density at radius 2 is 2.22 bits per heavy atom. The number of hydrogen-bond acceptors (Lipinski definition) is 3. The number of benzene rings is 1. The summed E-state index contributed by atoms with van der Waals surface area (Å²) in [6.45, 7) is 2.64. The average molecular weight is 316 g/mol. The van der Waals surface area contributed by atoms with E-state index in [2.05, 4.69) is 21.2 Å². The quantitative estimate of drug-likeness (QED) is 0.842. The molecule has 1 unspecified atom stereocenters. The highest BCUT2D eigenvalue weighted by molar-refractivity contribution is 9.10. The number of methoxy groups -OCH3 is 1. The third-order valence-electron chi connectivity index (χ3n) is 2.43. The number of amides is 1. The lowest BCUT2D eigenvalue weighted by atomic mass is 10.1. The first-order valence-corrected chi connectivity index (χ1v) is 6.54. The minimum atomic E-state index is -0.542. The van der Waals surface area contributed by atoms with Gasteiger partial charge >= 0.3 is 0 Å². The van der Waals surface area contributed by atoms with Gasteiger partial charge in [0.2, 0.25) is 0 Å². The maximum absolute atomic E-state index is 11.8. The number of nitrogens with one attached hydrogen (secondary N) is 1. The van der Waals surface area contributed by atoms with Gasteiger partial charge in [-0.1, -0.05) is 15.9 Å². The third kappa shape index (κ3) is 5.16. The van der Waals surface area contributed by atoms with Crippen LogP contribution in [-0.4, -0.2) is 37.4 Å². The molecule has 0 aromatic heterocycles. The van der Waals surface area contributed by atoms with Crippen molar-refractivity contribution in [1.29, 1.82) is 0 Å². The van der Waals surface area contributed by atoms with Crippen molar-refractivity contribution >= 4 is 21.8 Å². The van der Waals surface area contributed by atoms with Crippen molar-refractivity contribution in [3.63, 3.8) is 0 Å². The lowest BCUT2D eigenvalue weighted by molar-refractivity contribution is 0.0587. The van der Waals surface area contributed by atoms with Gasteiger partial charge in [0, 0.05) is 23.7 Å². The monoisotopic (exact) mass is 315 g/mol. The van der Waals surface area contributed by atoms with E-state index in [1.54, 1.807) is 6.07 Å². The van der Waals surface area contributed by atoms with E-state index < -0.39 is 6.10 Å². The molecule has 4 nitrogen and oxygen atoms in total. The number of aliphatic hydroxyl groups is 1. The van der Waals surface area contributed by atoms with E-state index in [9.17, 15) is 9.90 Å². The van der Waals surface area contributed by atoms with Gasteiger partial charge < -0.3 is 15.2 Å². The Hall–Kier alpha value is -0.910. The van der Waals surface area contributed by atoms with Crippen molar-refractivity contribution in [3.8, 4) is 0 Å². The maximum atomic E-state index is 11.8. The minimum Gasteiger partial charge on any atom is -0.391 e. The molecule has 0 aliphatic rings. The molecule has 0 saturated carbocycles. The second-order valence-electron chi connectivity index (χ2n) is 4.17. The van der Waals surface area contributed by atoms with Crippen LogP contribution in [0.5, 0.6) is 0 Å². The molecule has 0 spiro atoms. The molecule has 1 atom stereocenters. The Morgan fingerprint density at radius 1 is 1.50 bits per heavy atom. The van der Waals surface area contributed by atoms with Crippen molar-refractivity contribution < 1.29 is 14.6 Å². The molecule has 1 aromatic rings. The number of aliphatic hydroxyl groups excluding tert-OH is 1. The Kier molecular flexibility index (Phi) is 6.32. The Labute approximate surface area is 115 Å². The predicted molar refractivity (Wildman–Crippen MR) is 73.7 cm³/mol. The predicted octanol–water partition coefficient (Wildman–Crippen LogP) is 1.88. The fourth-order valence-electron chi connectivity index (χ4n) is 1.60. The number of aryl methyl sites for hydroxylation is 1. The molecule has 100 valence electrons. The van der Waals surface area contributed by atoms with E-state index in [-0.39, 0.29) is 12.5 Å². The molecule has 0 aliphatic heterocycles. The summed E-state index contributed by atoms with van der Waals surface area (Å²) in [6, 6.07) is 5.54. The van der Waals surface area contributed by atoms with Crippen LogP contribution in [-0.2, 0) is 4.74 Å². The van der Waals surface area contributed by atoms with Gasteiger partial charge in [0.15, 0.2) is 0 Å². The lowest BCUT2D eigenvalue weighted by Crippen LogP contribution is -2.28. The summed E-state index contributed by atoms with van der Waals surface area (Å²) >= 11 is 3.36. The third-order valence-corrected chi connectivity index (χ3v) is 2.88. The van der Waals surface area contributed by atoms with E-state index in [0.29, 0.717) is 18.5 Å². The average Bonchev–Trinajstić information content (AvgIpc) is 2.27. The van der Waals surface area contributed by atoms with Crippen molar-refractivity contribution in [2.75, 3.05) is 20.3 Å². The van der Waals surface area contributed by atoms with Gasteiger partial charge in [-0.15, -0.1) is 0 Å². The first-order valence-electron chi connectivity index (χ1n) is 5.75. The summed E-state index contributed by atoms with van der Waals surface area (Å²) in [6.07, 6.45) is -0.0634. The first kappa shape index (κ1) is 15.1. The molecule has 0 heterocycles. The minimum absolute atomic E-state index is 0.135. The molecule has 0 bridgehead atoms. The van der Waals surface area contributed by atoms with Crippen LogP contribution < -0.4 is 5.32 Å². The van der Waals surface area contributed by atoms with Gasteiger partial charge in [0.1, 0.15) is 0 Å². The standard InChI is InChI=1S/C13H18BrNO3/c1-9-5-10(7-11(14)6-9)13(17)15-4-3-12(16)8-18-2/h5-7,12,16H,3-4,8H2,1-2H3,(H,15,17). The summed E-state index contributed by atoms with van der Waals surface area (Å²) in [5.74, 6) is -0.135. The van der Waals surface area contributed by atoms with Crippen molar-refractivity contribution in [2.24, 2.45) is 0 Å². The highest BCUT2D eigenvalue weighted by Crippen LogP contribution is 2.15. The van der Waals surface area contributed by atoms with Crippen molar-refractivity contribution in [1.82, 2.24) is 5.32 Å². The van der Waals surface area contributed by atoms with Crippen LogP contribution in [0.3, 0.4) is 0 Å². The Morgan fingerprint density at radius 3 is 2.83 bits per heavy atom. The van der Waals surface area contributed by atoms with Gasteiger partial charge in [-0.05, 0) is 37.1 Å². The molecule has 0 fully saturated rings. The Bertz CT molecular complexity index is 389. The number of hydrogen-bond donors (Lipinski definition) is 2. The molecule has 5 heteroatoms. The Balaban J connectivity index is 2.45. The van der Waals surface area contributed by atoms with Crippen molar-refractivity contribution in [3.05, 3.63) is 33.8 Å². The second kappa shape index (κ2) is 7.51. The maximum Gasteiger partial charge on any atom is 0.251 e. The topological polar surface area (TPSA) is 58.6 Å². The molecule has 2 N–H and O–H groups in total. The van der Waals surface area contributed by atoms with Crippen LogP contribution in [0.15, 0.2) is 22.7 Å². The molecule has 1 amide bonds. The van der Waals surface area contributed by atoms with Gasteiger partial charge in [-0.25, -0.2) is 0 Å². The molecule has 0 saturated heterocycles. The number of rotatable bonds is 6. The highest BCUT2D eigenvalue weighted by Gasteiger charge is 2.08. The smallest absolute Gasteiger partial charge is 0.251 e. The van der Waals surface area contributed by atoms with Crippen LogP contribution in [0.1, 0.15) is 22.3 Å². The fourth-order valence-corrected chi connectivity index (χ4v) is 2.21. The number of carbonyl (C=O) groups excluding carboxylic acids is 1. The first-order chi connectivity index (χ1) is 8.52. The number of ether oxygens (including phenoxy) is 1. The number of carbonyl (C=O) groups is 1. The zero-order valence-corrected chi connectivity index (χ0v) is 12.2. The summed E-state index contributed by atoms with van der Waals surface area (Å²) in [7, 11) is 1.53. The fraction of sp³-hybridized carbons (Fsp3) is 0.462. The largest absolute Gasteiger partial charge is 0.391 e. The van der Waals surface area contributed by atoms with E-state index in [1.165, 1.54) is 7.11 Å². The van der Waals surface area contributed by atoms with E-state index >= 15 is 0 Å². The van der Waals surface area contributed by atoms with E-state index in [0.717, 1.165) is 10.0 Å². The lowest BCUT2D eigenvalue weighted by Gasteiger charge is -2.10.